The van der Waals surface area contributed by atoms with Crippen LogP contribution in [0.25, 0.3) is 0 Å². The maximum atomic E-state index is 12.4. The van der Waals surface area contributed by atoms with Crippen molar-refractivity contribution in [2.45, 2.75) is 40.5 Å². The summed E-state index contributed by atoms with van der Waals surface area (Å²) in [5.74, 6) is 0.354. The molecule has 1 unspecified atom stereocenters. The highest BCUT2D eigenvalue weighted by Crippen LogP contribution is 2.21. The van der Waals surface area contributed by atoms with Crippen LogP contribution in [0.5, 0.6) is 0 Å². The van der Waals surface area contributed by atoms with E-state index >= 15 is 0 Å². The summed E-state index contributed by atoms with van der Waals surface area (Å²) < 4.78 is 0. The smallest absolute Gasteiger partial charge is 0.168 e. The maximum absolute atomic E-state index is 12.4. The van der Waals surface area contributed by atoms with E-state index in [1.807, 2.05) is 82.3 Å². The molecule has 0 saturated heterocycles. The van der Waals surface area contributed by atoms with Crippen LogP contribution in [0.4, 0.5) is 0 Å². The molecular formula is C22H26O2. The third kappa shape index (κ3) is 4.89. The van der Waals surface area contributed by atoms with Gasteiger partial charge >= 0.3 is 0 Å². The van der Waals surface area contributed by atoms with Gasteiger partial charge in [-0.05, 0) is 17.5 Å². The highest BCUT2D eigenvalue weighted by molar-refractivity contribution is 5.99. The number of rotatable bonds is 6. The van der Waals surface area contributed by atoms with Gasteiger partial charge in [-0.1, -0.05) is 82.3 Å². The van der Waals surface area contributed by atoms with E-state index in [1.165, 1.54) is 0 Å². The fourth-order valence-electron chi connectivity index (χ4n) is 2.66. The minimum atomic E-state index is -0.375. The van der Waals surface area contributed by atoms with Gasteiger partial charge in [-0.2, -0.15) is 0 Å². The van der Waals surface area contributed by atoms with Crippen molar-refractivity contribution in [3.05, 3.63) is 71.3 Å². The summed E-state index contributed by atoms with van der Waals surface area (Å²) in [6.07, 6.45) is 1.18. The molecule has 2 heteroatoms. The highest BCUT2D eigenvalue weighted by atomic mass is 16.1. The van der Waals surface area contributed by atoms with Crippen LogP contribution in [0.15, 0.2) is 54.6 Å². The molecule has 0 saturated carbocycles. The van der Waals surface area contributed by atoms with E-state index in [2.05, 4.69) is 0 Å². The van der Waals surface area contributed by atoms with Crippen LogP contribution in [-0.4, -0.2) is 11.6 Å². The molecule has 0 amide bonds. The molecule has 2 rings (SSSR count). The minimum absolute atomic E-state index is 0.0330. The van der Waals surface area contributed by atoms with E-state index in [9.17, 15) is 9.59 Å². The molecule has 0 bridgehead atoms. The first-order chi connectivity index (χ1) is 11.3. The van der Waals surface area contributed by atoms with Gasteiger partial charge in [0.05, 0.1) is 0 Å². The Balaban J connectivity index is 1.98. The molecule has 2 nitrogen and oxygen atoms in total. The van der Waals surface area contributed by atoms with Crippen molar-refractivity contribution in [1.29, 1.82) is 0 Å². The monoisotopic (exact) mass is 322 g/mol. The fourth-order valence-corrected chi connectivity index (χ4v) is 2.66. The average molecular weight is 322 g/mol. The highest BCUT2D eigenvalue weighted by Gasteiger charge is 2.22. The predicted octanol–water partition coefficient (Wildman–Crippen LogP) is 4.91. The largest absolute Gasteiger partial charge is 0.299 e. The van der Waals surface area contributed by atoms with Crippen molar-refractivity contribution in [1.82, 2.24) is 0 Å². The van der Waals surface area contributed by atoms with Crippen molar-refractivity contribution in [3.63, 3.8) is 0 Å². The van der Waals surface area contributed by atoms with Gasteiger partial charge in [-0.3, -0.25) is 9.59 Å². The van der Waals surface area contributed by atoms with E-state index in [0.717, 1.165) is 16.7 Å². The van der Waals surface area contributed by atoms with Gasteiger partial charge < -0.3 is 0 Å². The third-order valence-corrected chi connectivity index (χ3v) is 4.21. The second kappa shape index (κ2) is 7.57. The summed E-state index contributed by atoms with van der Waals surface area (Å²) in [4.78, 5) is 24.6. The lowest BCUT2D eigenvalue weighted by atomic mass is 9.86. The zero-order chi connectivity index (χ0) is 17.7. The fraction of sp³-hybridized carbons (Fsp3) is 0.364. The lowest BCUT2D eigenvalue weighted by Crippen LogP contribution is -2.20. The van der Waals surface area contributed by atoms with E-state index in [0.29, 0.717) is 12.8 Å². The molecule has 0 heterocycles. The van der Waals surface area contributed by atoms with Gasteiger partial charge in [0, 0.05) is 23.3 Å². The molecule has 24 heavy (non-hydrogen) atoms. The number of ketones is 2. The molecule has 0 aliphatic rings. The van der Waals surface area contributed by atoms with E-state index in [1.54, 1.807) is 0 Å². The van der Waals surface area contributed by atoms with Crippen LogP contribution in [-0.2, 0) is 17.6 Å². The van der Waals surface area contributed by atoms with Crippen LogP contribution in [0.2, 0.25) is 0 Å². The van der Waals surface area contributed by atoms with Gasteiger partial charge in [0.15, 0.2) is 5.78 Å². The summed E-state index contributed by atoms with van der Waals surface area (Å²) in [7, 11) is 0. The average Bonchev–Trinajstić information content (AvgIpc) is 2.55. The molecule has 0 aromatic heterocycles. The molecule has 126 valence electrons. The van der Waals surface area contributed by atoms with Gasteiger partial charge in [0.25, 0.3) is 0 Å². The summed E-state index contributed by atoms with van der Waals surface area (Å²) in [6, 6.07) is 17.5. The molecule has 0 fully saturated rings. The summed E-state index contributed by atoms with van der Waals surface area (Å²) in [6.45, 7) is 7.74. The van der Waals surface area contributed by atoms with Crippen LogP contribution in [0.3, 0.4) is 0 Å². The minimum Gasteiger partial charge on any atom is -0.299 e. The molecule has 0 aliphatic carbocycles. The second-order valence-electron chi connectivity index (χ2n) is 7.51. The summed E-state index contributed by atoms with van der Waals surface area (Å²) >= 11 is 0. The topological polar surface area (TPSA) is 34.1 Å². The first-order valence-electron chi connectivity index (χ1n) is 8.48. The van der Waals surface area contributed by atoms with Crippen LogP contribution >= 0.6 is 0 Å². The van der Waals surface area contributed by atoms with Crippen LogP contribution < -0.4 is 0 Å². The molecule has 2 aromatic rings. The number of hydrogen-bond acceptors (Lipinski definition) is 2. The SMILES string of the molecule is CC(Cc1ccc(C(=O)C(C)(C)C)cc1)C(=O)Cc1ccccc1. The maximum Gasteiger partial charge on any atom is 0.168 e. The summed E-state index contributed by atoms with van der Waals surface area (Å²) in [5, 5.41) is 0. The van der Waals surface area contributed by atoms with Crippen molar-refractivity contribution in [2.75, 3.05) is 0 Å². The zero-order valence-electron chi connectivity index (χ0n) is 15.0. The van der Waals surface area contributed by atoms with Crippen LogP contribution in [0.1, 0.15) is 49.2 Å². The second-order valence-corrected chi connectivity index (χ2v) is 7.51. The Bertz CT molecular complexity index is 691. The predicted molar refractivity (Wildman–Crippen MR) is 98.2 cm³/mol. The molecule has 2 aromatic carbocycles. The first kappa shape index (κ1) is 18.1. The van der Waals surface area contributed by atoms with Crippen molar-refractivity contribution in [2.24, 2.45) is 11.3 Å². The number of Topliss-reactive ketones (excluding diaryl/α,β-unsaturated/α-hetero) is 2. The molecule has 0 radical (unpaired) electrons. The van der Waals surface area contributed by atoms with Crippen LogP contribution in [0, 0.1) is 11.3 Å². The lowest BCUT2D eigenvalue weighted by Gasteiger charge is -2.17. The van der Waals surface area contributed by atoms with E-state index in [4.69, 9.17) is 0 Å². The number of carbonyl (C=O) groups excluding carboxylic acids is 2. The van der Waals surface area contributed by atoms with Gasteiger partial charge in [0.2, 0.25) is 0 Å². The normalized spacial score (nSPS) is 12.7. The molecular weight excluding hydrogens is 296 g/mol. The Labute approximate surface area is 144 Å². The Morgan fingerprint density at radius 3 is 2.00 bits per heavy atom. The van der Waals surface area contributed by atoms with Gasteiger partial charge in [-0.25, -0.2) is 0 Å². The Hall–Kier alpha value is -2.22. The molecule has 0 spiro atoms. The number of benzene rings is 2. The molecule has 0 N–H and O–H groups in total. The van der Waals surface area contributed by atoms with Crippen molar-refractivity contribution in [3.8, 4) is 0 Å². The van der Waals surface area contributed by atoms with E-state index in [-0.39, 0.29) is 22.9 Å². The number of hydrogen-bond donors (Lipinski definition) is 0. The Morgan fingerprint density at radius 1 is 0.875 bits per heavy atom. The molecule has 1 atom stereocenters. The van der Waals surface area contributed by atoms with Crippen molar-refractivity contribution < 1.29 is 9.59 Å². The van der Waals surface area contributed by atoms with Gasteiger partial charge in [-0.15, -0.1) is 0 Å². The third-order valence-electron chi connectivity index (χ3n) is 4.21. The molecule has 0 aliphatic heterocycles. The summed E-state index contributed by atoms with van der Waals surface area (Å²) in [5.41, 5.74) is 2.50. The first-order valence-corrected chi connectivity index (χ1v) is 8.48. The van der Waals surface area contributed by atoms with E-state index < -0.39 is 0 Å². The van der Waals surface area contributed by atoms with Gasteiger partial charge in [0.1, 0.15) is 5.78 Å². The van der Waals surface area contributed by atoms with Crippen molar-refractivity contribution >= 4 is 11.6 Å². The quantitative estimate of drug-likeness (QED) is 0.708. The lowest BCUT2D eigenvalue weighted by molar-refractivity contribution is -0.121. The Kier molecular flexibility index (Phi) is 5.71. The zero-order valence-corrected chi connectivity index (χ0v) is 15.0. The number of carbonyl (C=O) groups is 2. The standard InChI is InChI=1S/C22H26O2/c1-16(20(23)15-17-8-6-5-7-9-17)14-18-10-12-19(13-11-18)21(24)22(2,3)4/h5-13,16H,14-15H2,1-4H3. The Morgan fingerprint density at radius 2 is 1.46 bits per heavy atom.